The van der Waals surface area contributed by atoms with Gasteiger partial charge in [0.15, 0.2) is 0 Å². The molecule has 99 valence electrons. The molecular weight excluding hydrogens is 257 g/mol. The van der Waals surface area contributed by atoms with Gasteiger partial charge < -0.3 is 9.47 Å². The SMILES string of the molecule is FC(F)(F)Oc1[c]ccc(OCc2ccccc2)c1. The molecule has 5 heteroatoms. The van der Waals surface area contributed by atoms with Crippen molar-refractivity contribution in [3.8, 4) is 11.5 Å². The van der Waals surface area contributed by atoms with Gasteiger partial charge in [-0.05, 0) is 17.7 Å². The van der Waals surface area contributed by atoms with Gasteiger partial charge in [-0.3, -0.25) is 0 Å². The maximum absolute atomic E-state index is 12.0. The van der Waals surface area contributed by atoms with Gasteiger partial charge in [-0.1, -0.05) is 30.3 Å². The lowest BCUT2D eigenvalue weighted by Crippen LogP contribution is -2.17. The van der Waals surface area contributed by atoms with Crippen molar-refractivity contribution in [2.45, 2.75) is 13.0 Å². The molecule has 0 aromatic heterocycles. The molecule has 0 fully saturated rings. The number of benzene rings is 2. The van der Waals surface area contributed by atoms with Gasteiger partial charge in [-0.25, -0.2) is 0 Å². The fraction of sp³-hybridized carbons (Fsp3) is 0.143. The van der Waals surface area contributed by atoms with Crippen LogP contribution in [0.3, 0.4) is 0 Å². The van der Waals surface area contributed by atoms with E-state index in [1.807, 2.05) is 30.3 Å². The van der Waals surface area contributed by atoms with Crippen LogP contribution in [0, 0.1) is 6.07 Å². The summed E-state index contributed by atoms with van der Waals surface area (Å²) in [5.41, 5.74) is 0.925. The molecule has 0 N–H and O–H groups in total. The zero-order valence-electron chi connectivity index (χ0n) is 9.78. The third kappa shape index (κ3) is 4.54. The van der Waals surface area contributed by atoms with Gasteiger partial charge >= 0.3 is 6.36 Å². The lowest BCUT2D eigenvalue weighted by atomic mass is 10.2. The summed E-state index contributed by atoms with van der Waals surface area (Å²) in [6.45, 7) is 0.274. The minimum absolute atomic E-state index is 0.274. The second-order valence-electron chi connectivity index (χ2n) is 3.71. The quantitative estimate of drug-likeness (QED) is 0.834. The number of ether oxygens (including phenoxy) is 2. The van der Waals surface area contributed by atoms with Gasteiger partial charge in [-0.15, -0.1) is 13.2 Å². The van der Waals surface area contributed by atoms with Crippen LogP contribution in [0.1, 0.15) is 5.56 Å². The average Bonchev–Trinajstić information content (AvgIpc) is 2.36. The zero-order valence-corrected chi connectivity index (χ0v) is 9.78. The third-order valence-corrected chi connectivity index (χ3v) is 2.22. The van der Waals surface area contributed by atoms with Gasteiger partial charge in [0, 0.05) is 12.1 Å². The van der Waals surface area contributed by atoms with Gasteiger partial charge in [0.05, 0.1) is 0 Å². The van der Waals surface area contributed by atoms with Gasteiger partial charge in [0.2, 0.25) is 0 Å². The molecule has 0 saturated heterocycles. The first kappa shape index (κ1) is 13.3. The van der Waals surface area contributed by atoms with E-state index in [-0.39, 0.29) is 6.61 Å². The Bertz CT molecular complexity index is 524. The summed E-state index contributed by atoms with van der Waals surface area (Å²) < 4.78 is 45.3. The van der Waals surface area contributed by atoms with E-state index in [4.69, 9.17) is 4.74 Å². The highest BCUT2D eigenvalue weighted by molar-refractivity contribution is 5.32. The Balaban J connectivity index is 1.99. The van der Waals surface area contributed by atoms with Gasteiger partial charge in [0.25, 0.3) is 0 Å². The Morgan fingerprint density at radius 2 is 1.79 bits per heavy atom. The molecule has 0 atom stereocenters. The molecule has 2 rings (SSSR count). The van der Waals surface area contributed by atoms with E-state index in [1.54, 1.807) is 0 Å². The lowest BCUT2D eigenvalue weighted by molar-refractivity contribution is -0.274. The standard InChI is InChI=1S/C14H10F3O2/c15-14(16,17)19-13-8-4-7-12(9-13)18-10-11-5-2-1-3-6-11/h1-7,9H,10H2. The third-order valence-electron chi connectivity index (χ3n) is 2.22. The van der Waals surface area contributed by atoms with Crippen molar-refractivity contribution in [1.82, 2.24) is 0 Å². The molecule has 2 aromatic carbocycles. The van der Waals surface area contributed by atoms with Crippen molar-refractivity contribution in [3.63, 3.8) is 0 Å². The molecular formula is C14H10F3O2. The van der Waals surface area contributed by atoms with Crippen molar-refractivity contribution >= 4 is 0 Å². The molecule has 0 heterocycles. The Morgan fingerprint density at radius 1 is 1.05 bits per heavy atom. The van der Waals surface area contributed by atoms with Crippen LogP contribution in [0.15, 0.2) is 48.5 Å². The van der Waals surface area contributed by atoms with Gasteiger partial charge in [-0.2, -0.15) is 0 Å². The minimum atomic E-state index is -4.73. The first-order valence-corrected chi connectivity index (χ1v) is 5.47. The number of alkyl halides is 3. The number of hydrogen-bond donors (Lipinski definition) is 0. The van der Waals surface area contributed by atoms with Crippen LogP contribution in [-0.4, -0.2) is 6.36 Å². The summed E-state index contributed by atoms with van der Waals surface area (Å²) in [4.78, 5) is 0. The molecule has 0 aliphatic rings. The second kappa shape index (κ2) is 5.65. The molecule has 0 aliphatic heterocycles. The van der Waals surface area contributed by atoms with Crippen molar-refractivity contribution in [1.29, 1.82) is 0 Å². The van der Waals surface area contributed by atoms with E-state index in [2.05, 4.69) is 10.8 Å². The van der Waals surface area contributed by atoms with Crippen LogP contribution < -0.4 is 9.47 Å². The van der Waals surface area contributed by atoms with Crippen LogP contribution in [0.4, 0.5) is 13.2 Å². The van der Waals surface area contributed by atoms with Crippen molar-refractivity contribution in [2.24, 2.45) is 0 Å². The molecule has 0 saturated carbocycles. The second-order valence-corrected chi connectivity index (χ2v) is 3.71. The zero-order chi connectivity index (χ0) is 13.7. The Labute approximate surface area is 108 Å². The Hall–Kier alpha value is -2.17. The molecule has 0 unspecified atom stereocenters. The van der Waals surface area contributed by atoms with E-state index >= 15 is 0 Å². The smallest absolute Gasteiger partial charge is 0.489 e. The van der Waals surface area contributed by atoms with E-state index in [0.717, 1.165) is 11.6 Å². The maximum atomic E-state index is 12.0. The fourth-order valence-corrected chi connectivity index (χ4v) is 1.44. The Morgan fingerprint density at radius 3 is 2.47 bits per heavy atom. The van der Waals surface area contributed by atoms with Gasteiger partial charge in [0.1, 0.15) is 18.1 Å². The normalized spacial score (nSPS) is 11.1. The van der Waals surface area contributed by atoms with E-state index < -0.39 is 12.1 Å². The first-order chi connectivity index (χ1) is 9.03. The van der Waals surface area contributed by atoms with Crippen LogP contribution >= 0.6 is 0 Å². The summed E-state index contributed by atoms with van der Waals surface area (Å²) in [6.07, 6.45) is -4.73. The fourth-order valence-electron chi connectivity index (χ4n) is 1.44. The summed E-state index contributed by atoms with van der Waals surface area (Å²) >= 11 is 0. The minimum Gasteiger partial charge on any atom is -0.489 e. The molecule has 2 nitrogen and oxygen atoms in total. The summed E-state index contributed by atoms with van der Waals surface area (Å²) in [5.74, 6) is -0.125. The van der Waals surface area contributed by atoms with Crippen LogP contribution in [0.5, 0.6) is 11.5 Å². The predicted molar refractivity (Wildman–Crippen MR) is 62.7 cm³/mol. The first-order valence-electron chi connectivity index (χ1n) is 5.47. The molecule has 0 aliphatic carbocycles. The largest absolute Gasteiger partial charge is 0.573 e. The average molecular weight is 267 g/mol. The van der Waals surface area contributed by atoms with Crippen molar-refractivity contribution in [3.05, 3.63) is 60.2 Å². The highest BCUT2D eigenvalue weighted by Crippen LogP contribution is 2.25. The summed E-state index contributed by atoms with van der Waals surface area (Å²) in [5, 5.41) is 0. The molecule has 0 spiro atoms. The van der Waals surface area contributed by atoms with Crippen LogP contribution in [0.25, 0.3) is 0 Å². The molecule has 1 radical (unpaired) electrons. The predicted octanol–water partition coefficient (Wildman–Crippen LogP) is 3.96. The molecule has 19 heavy (non-hydrogen) atoms. The van der Waals surface area contributed by atoms with E-state index in [1.165, 1.54) is 12.1 Å². The van der Waals surface area contributed by atoms with E-state index in [9.17, 15) is 13.2 Å². The van der Waals surface area contributed by atoms with Crippen LogP contribution in [0.2, 0.25) is 0 Å². The topological polar surface area (TPSA) is 18.5 Å². The number of halogens is 3. The highest BCUT2D eigenvalue weighted by atomic mass is 19.4. The highest BCUT2D eigenvalue weighted by Gasteiger charge is 2.31. The molecule has 0 bridgehead atoms. The molecule has 0 amide bonds. The molecule has 2 aromatic rings. The summed E-state index contributed by atoms with van der Waals surface area (Å²) in [7, 11) is 0. The number of hydrogen-bond acceptors (Lipinski definition) is 2. The van der Waals surface area contributed by atoms with Crippen molar-refractivity contribution in [2.75, 3.05) is 0 Å². The summed E-state index contributed by atoms with van der Waals surface area (Å²) in [6, 6.07) is 15.6. The maximum Gasteiger partial charge on any atom is 0.573 e. The van der Waals surface area contributed by atoms with Crippen LogP contribution in [-0.2, 0) is 6.61 Å². The van der Waals surface area contributed by atoms with Crippen molar-refractivity contribution < 1.29 is 22.6 Å². The van der Waals surface area contributed by atoms with E-state index in [0.29, 0.717) is 5.75 Å². The Kier molecular flexibility index (Phi) is 3.94. The lowest BCUT2D eigenvalue weighted by Gasteiger charge is -2.10. The number of rotatable bonds is 4. The monoisotopic (exact) mass is 267 g/mol.